The number of halogens is 2. The second-order valence-electron chi connectivity index (χ2n) is 5.13. The van der Waals surface area contributed by atoms with Crippen molar-refractivity contribution in [2.24, 2.45) is 0 Å². The smallest absolute Gasteiger partial charge is 0.0738 e. The molecule has 0 saturated carbocycles. The van der Waals surface area contributed by atoms with Gasteiger partial charge in [-0.15, -0.1) is 0 Å². The molecular formula is C16H20Br2N2. The maximum atomic E-state index is 4.58. The van der Waals surface area contributed by atoms with Gasteiger partial charge >= 0.3 is 0 Å². The Balaban J connectivity index is 2.28. The van der Waals surface area contributed by atoms with Crippen LogP contribution in [0.3, 0.4) is 0 Å². The van der Waals surface area contributed by atoms with E-state index in [2.05, 4.69) is 86.7 Å². The third kappa shape index (κ3) is 3.34. The second kappa shape index (κ2) is 6.90. The number of aromatic nitrogens is 2. The Hall–Kier alpha value is -0.610. The van der Waals surface area contributed by atoms with Gasteiger partial charge in [0.05, 0.1) is 15.9 Å². The molecule has 2 aromatic rings. The summed E-state index contributed by atoms with van der Waals surface area (Å²) in [5.41, 5.74) is 5.03. The van der Waals surface area contributed by atoms with Crippen LogP contribution < -0.4 is 0 Å². The molecule has 1 heterocycles. The van der Waals surface area contributed by atoms with Crippen LogP contribution in [-0.4, -0.2) is 15.1 Å². The summed E-state index contributed by atoms with van der Waals surface area (Å²) in [6, 6.07) is 8.83. The monoisotopic (exact) mass is 398 g/mol. The van der Waals surface area contributed by atoms with E-state index in [1.165, 1.54) is 16.8 Å². The molecule has 1 atom stereocenters. The minimum atomic E-state index is 0.466. The molecule has 2 nitrogen and oxygen atoms in total. The van der Waals surface area contributed by atoms with Gasteiger partial charge in [0.1, 0.15) is 0 Å². The zero-order chi connectivity index (χ0) is 14.7. The Bertz CT molecular complexity index is 573. The lowest BCUT2D eigenvalue weighted by Gasteiger charge is -2.16. The van der Waals surface area contributed by atoms with Crippen LogP contribution in [0, 0.1) is 13.8 Å². The van der Waals surface area contributed by atoms with Gasteiger partial charge in [-0.1, -0.05) is 45.8 Å². The average molecular weight is 400 g/mol. The van der Waals surface area contributed by atoms with Crippen molar-refractivity contribution in [3.8, 4) is 0 Å². The second-order valence-corrected chi connectivity index (χ2v) is 6.57. The van der Waals surface area contributed by atoms with E-state index in [9.17, 15) is 0 Å². The summed E-state index contributed by atoms with van der Waals surface area (Å²) in [4.78, 5) is 0. The third-order valence-electron chi connectivity index (χ3n) is 3.63. The Morgan fingerprint density at radius 3 is 2.40 bits per heavy atom. The topological polar surface area (TPSA) is 17.8 Å². The average Bonchev–Trinajstić information content (AvgIpc) is 2.73. The van der Waals surface area contributed by atoms with Crippen LogP contribution >= 0.6 is 31.9 Å². The number of hydrogen-bond acceptors (Lipinski definition) is 1. The molecule has 108 valence electrons. The van der Waals surface area contributed by atoms with Crippen molar-refractivity contribution in [1.29, 1.82) is 0 Å². The molecule has 1 aromatic carbocycles. The van der Waals surface area contributed by atoms with Crippen molar-refractivity contribution in [2.75, 3.05) is 5.33 Å². The molecule has 20 heavy (non-hydrogen) atoms. The SMILES string of the molecule is CCn1nc(C)c(Br)c1CC(CBr)c1ccc(C)cc1. The molecule has 0 fully saturated rings. The van der Waals surface area contributed by atoms with Gasteiger partial charge in [0.2, 0.25) is 0 Å². The molecule has 0 radical (unpaired) electrons. The van der Waals surface area contributed by atoms with Gasteiger partial charge < -0.3 is 0 Å². The Kier molecular flexibility index (Phi) is 5.44. The van der Waals surface area contributed by atoms with Gasteiger partial charge in [-0.25, -0.2) is 0 Å². The standard InChI is InChI=1S/C16H20Br2N2/c1-4-20-15(16(18)12(3)19-20)9-14(10-17)13-7-5-11(2)6-8-13/h5-8,14H,4,9-10H2,1-3H3. The number of aryl methyl sites for hydroxylation is 3. The van der Waals surface area contributed by atoms with Crippen molar-refractivity contribution >= 4 is 31.9 Å². The number of benzene rings is 1. The van der Waals surface area contributed by atoms with Gasteiger partial charge in [0.15, 0.2) is 0 Å². The summed E-state index contributed by atoms with van der Waals surface area (Å²) in [6.07, 6.45) is 0.990. The fraction of sp³-hybridized carbons (Fsp3) is 0.438. The molecule has 1 aromatic heterocycles. The van der Waals surface area contributed by atoms with Crippen molar-refractivity contribution in [3.63, 3.8) is 0 Å². The van der Waals surface area contributed by atoms with E-state index in [0.717, 1.165) is 28.5 Å². The Labute approximate surface area is 137 Å². The van der Waals surface area contributed by atoms with Crippen molar-refractivity contribution < 1.29 is 0 Å². The van der Waals surface area contributed by atoms with Gasteiger partial charge in [0, 0.05) is 11.9 Å². The van der Waals surface area contributed by atoms with E-state index in [0.29, 0.717) is 5.92 Å². The molecule has 0 aliphatic carbocycles. The molecule has 0 saturated heterocycles. The van der Waals surface area contributed by atoms with Crippen LogP contribution in [0.4, 0.5) is 0 Å². The lowest BCUT2D eigenvalue weighted by Crippen LogP contribution is -2.10. The highest BCUT2D eigenvalue weighted by Gasteiger charge is 2.18. The summed E-state index contributed by atoms with van der Waals surface area (Å²) < 4.78 is 3.25. The van der Waals surface area contributed by atoms with E-state index >= 15 is 0 Å². The molecule has 0 spiro atoms. The molecule has 0 aliphatic rings. The van der Waals surface area contributed by atoms with Gasteiger partial charge in [-0.05, 0) is 54.6 Å². The van der Waals surface area contributed by atoms with Crippen LogP contribution in [0.2, 0.25) is 0 Å². The molecule has 4 heteroatoms. The quantitative estimate of drug-likeness (QED) is 0.646. The zero-order valence-corrected chi connectivity index (χ0v) is 15.3. The maximum Gasteiger partial charge on any atom is 0.0738 e. The fourth-order valence-electron chi connectivity index (χ4n) is 2.40. The number of rotatable bonds is 5. The summed E-state index contributed by atoms with van der Waals surface area (Å²) in [5, 5.41) is 5.53. The summed E-state index contributed by atoms with van der Waals surface area (Å²) >= 11 is 7.35. The molecule has 0 bridgehead atoms. The van der Waals surface area contributed by atoms with E-state index in [4.69, 9.17) is 0 Å². The number of hydrogen-bond donors (Lipinski definition) is 0. The van der Waals surface area contributed by atoms with E-state index in [1.54, 1.807) is 0 Å². The van der Waals surface area contributed by atoms with Crippen LogP contribution in [0.25, 0.3) is 0 Å². The maximum absolute atomic E-state index is 4.58. The normalized spacial score (nSPS) is 12.7. The summed E-state index contributed by atoms with van der Waals surface area (Å²) in [6.45, 7) is 7.22. The van der Waals surface area contributed by atoms with Gasteiger partial charge in [-0.3, -0.25) is 4.68 Å². The minimum absolute atomic E-state index is 0.466. The minimum Gasteiger partial charge on any atom is -0.268 e. The van der Waals surface area contributed by atoms with Crippen LogP contribution in [0.1, 0.15) is 35.4 Å². The highest BCUT2D eigenvalue weighted by Crippen LogP contribution is 2.29. The van der Waals surface area contributed by atoms with Crippen LogP contribution in [0.15, 0.2) is 28.7 Å². The third-order valence-corrected chi connectivity index (χ3v) is 5.44. The zero-order valence-electron chi connectivity index (χ0n) is 12.2. The number of nitrogens with zero attached hydrogens (tertiary/aromatic N) is 2. The molecule has 0 aliphatic heterocycles. The van der Waals surface area contributed by atoms with E-state index < -0.39 is 0 Å². The van der Waals surface area contributed by atoms with E-state index in [-0.39, 0.29) is 0 Å². The van der Waals surface area contributed by atoms with Crippen molar-refractivity contribution in [2.45, 2.75) is 39.7 Å². The van der Waals surface area contributed by atoms with Gasteiger partial charge in [0.25, 0.3) is 0 Å². The van der Waals surface area contributed by atoms with Crippen molar-refractivity contribution in [1.82, 2.24) is 9.78 Å². The lowest BCUT2D eigenvalue weighted by atomic mass is 9.95. The Morgan fingerprint density at radius 2 is 1.85 bits per heavy atom. The first-order valence-electron chi connectivity index (χ1n) is 6.91. The van der Waals surface area contributed by atoms with Crippen LogP contribution in [-0.2, 0) is 13.0 Å². The summed E-state index contributed by atoms with van der Waals surface area (Å²) in [5.74, 6) is 0.466. The number of alkyl halides is 1. The first kappa shape index (κ1) is 15.8. The van der Waals surface area contributed by atoms with Gasteiger partial charge in [-0.2, -0.15) is 5.10 Å². The predicted octanol–water partition coefficient (Wildman–Crippen LogP) is 5.00. The Morgan fingerprint density at radius 1 is 1.20 bits per heavy atom. The molecule has 0 N–H and O–H groups in total. The largest absolute Gasteiger partial charge is 0.268 e. The highest BCUT2D eigenvalue weighted by molar-refractivity contribution is 9.10. The molecular weight excluding hydrogens is 380 g/mol. The summed E-state index contributed by atoms with van der Waals surface area (Å²) in [7, 11) is 0. The van der Waals surface area contributed by atoms with Crippen LogP contribution in [0.5, 0.6) is 0 Å². The van der Waals surface area contributed by atoms with E-state index in [1.807, 2.05) is 0 Å². The highest BCUT2D eigenvalue weighted by atomic mass is 79.9. The first-order chi connectivity index (χ1) is 9.56. The molecule has 1 unspecified atom stereocenters. The fourth-order valence-corrected chi connectivity index (χ4v) is 3.45. The molecule has 0 amide bonds. The molecule has 2 rings (SSSR count). The van der Waals surface area contributed by atoms with Crippen molar-refractivity contribution in [3.05, 3.63) is 51.3 Å². The lowest BCUT2D eigenvalue weighted by molar-refractivity contribution is 0.596. The first-order valence-corrected chi connectivity index (χ1v) is 8.82. The predicted molar refractivity (Wildman–Crippen MR) is 91.8 cm³/mol.